The average molecular weight is 298 g/mol. The highest BCUT2D eigenvalue weighted by Crippen LogP contribution is 2.39. The molecule has 0 radical (unpaired) electrons. The summed E-state index contributed by atoms with van der Waals surface area (Å²) >= 11 is 0. The van der Waals surface area contributed by atoms with Gasteiger partial charge in [-0.25, -0.2) is 0 Å². The maximum atomic E-state index is 12.1. The van der Waals surface area contributed by atoms with Gasteiger partial charge in [0.2, 0.25) is 5.91 Å². The number of likely N-dealkylation sites (N-methyl/N-ethyl adjacent to an activating group) is 1. The molecule has 6 heteroatoms. The molecule has 3 rings (SSSR count). The lowest BCUT2D eigenvalue weighted by molar-refractivity contribution is -0.119. The summed E-state index contributed by atoms with van der Waals surface area (Å²) in [4.78, 5) is 23.4. The second-order valence-corrected chi connectivity index (χ2v) is 5.48. The van der Waals surface area contributed by atoms with E-state index in [2.05, 4.69) is 20.8 Å². The van der Waals surface area contributed by atoms with Crippen molar-refractivity contribution >= 4 is 17.5 Å². The van der Waals surface area contributed by atoms with Crippen molar-refractivity contribution in [2.24, 2.45) is 0 Å². The van der Waals surface area contributed by atoms with E-state index in [4.69, 9.17) is 0 Å². The lowest BCUT2D eigenvalue weighted by Gasteiger charge is -2.05. The molecule has 2 aromatic rings. The molecule has 1 aliphatic carbocycles. The Balaban J connectivity index is 1.61. The number of carbonyl (C=O) groups excluding carboxylic acids is 2. The number of carbonyl (C=O) groups is 2. The molecule has 0 unspecified atom stereocenters. The number of nitrogens with zero attached hydrogens (tertiary/aromatic N) is 1. The molecule has 0 aliphatic heterocycles. The second-order valence-electron chi connectivity index (χ2n) is 5.48. The molecule has 0 saturated heterocycles. The van der Waals surface area contributed by atoms with Gasteiger partial charge < -0.3 is 10.6 Å². The number of aromatic amines is 1. The molecule has 1 heterocycles. The standard InChI is InChI=1S/C16H18N4O2/c1-17-15(21)8-10-2-6-12(7-3-10)18-16(22)14-9-13(19-20-14)11-4-5-11/h2-3,6-7,9,11H,4-5,8H2,1H3,(H,17,21)(H,18,22)(H,19,20). The molecule has 6 nitrogen and oxygen atoms in total. The number of nitrogens with one attached hydrogen (secondary N) is 3. The van der Waals surface area contributed by atoms with Crippen molar-refractivity contribution in [3.63, 3.8) is 0 Å². The van der Waals surface area contributed by atoms with Crippen molar-refractivity contribution in [1.29, 1.82) is 0 Å². The van der Waals surface area contributed by atoms with Crippen molar-refractivity contribution in [2.75, 3.05) is 12.4 Å². The Labute approximate surface area is 128 Å². The van der Waals surface area contributed by atoms with E-state index < -0.39 is 0 Å². The van der Waals surface area contributed by atoms with Crippen LogP contribution in [0.3, 0.4) is 0 Å². The first kappa shape index (κ1) is 14.3. The summed E-state index contributed by atoms with van der Waals surface area (Å²) in [6, 6.07) is 9.03. The fourth-order valence-electron chi connectivity index (χ4n) is 2.23. The normalized spacial score (nSPS) is 13.7. The summed E-state index contributed by atoms with van der Waals surface area (Å²) in [5, 5.41) is 12.3. The van der Waals surface area contributed by atoms with Gasteiger partial charge in [-0.1, -0.05) is 12.1 Å². The summed E-state index contributed by atoms with van der Waals surface area (Å²) in [5.41, 5.74) is 3.01. The summed E-state index contributed by atoms with van der Waals surface area (Å²) < 4.78 is 0. The maximum absolute atomic E-state index is 12.1. The molecule has 0 spiro atoms. The fraction of sp³-hybridized carbons (Fsp3) is 0.312. The lowest BCUT2D eigenvalue weighted by atomic mass is 10.1. The van der Waals surface area contributed by atoms with Crippen molar-refractivity contribution in [3.05, 3.63) is 47.3 Å². The van der Waals surface area contributed by atoms with E-state index in [1.54, 1.807) is 19.2 Å². The van der Waals surface area contributed by atoms with Crippen LogP contribution in [0.2, 0.25) is 0 Å². The third-order valence-corrected chi connectivity index (χ3v) is 3.70. The van der Waals surface area contributed by atoms with Crippen molar-refractivity contribution in [2.45, 2.75) is 25.2 Å². The molecule has 1 aromatic heterocycles. The van der Waals surface area contributed by atoms with E-state index in [0.29, 0.717) is 23.7 Å². The Morgan fingerprint density at radius 2 is 2.00 bits per heavy atom. The Hall–Kier alpha value is -2.63. The number of anilines is 1. The molecule has 1 fully saturated rings. The Bertz CT molecular complexity index is 686. The van der Waals surface area contributed by atoms with Crippen molar-refractivity contribution < 1.29 is 9.59 Å². The number of amides is 2. The first-order valence-corrected chi connectivity index (χ1v) is 7.32. The van der Waals surface area contributed by atoms with E-state index in [1.165, 1.54) is 0 Å². The number of rotatable bonds is 5. The van der Waals surface area contributed by atoms with Crippen LogP contribution in [0.15, 0.2) is 30.3 Å². The van der Waals surface area contributed by atoms with Gasteiger partial charge in [0.15, 0.2) is 5.69 Å². The van der Waals surface area contributed by atoms with Crippen LogP contribution in [0.5, 0.6) is 0 Å². The molecular weight excluding hydrogens is 280 g/mol. The van der Waals surface area contributed by atoms with Gasteiger partial charge in [-0.05, 0) is 36.6 Å². The van der Waals surface area contributed by atoms with Crippen molar-refractivity contribution in [3.8, 4) is 0 Å². The van der Waals surface area contributed by atoms with Gasteiger partial charge in [0.1, 0.15) is 0 Å². The zero-order chi connectivity index (χ0) is 15.5. The minimum Gasteiger partial charge on any atom is -0.359 e. The highest BCUT2D eigenvalue weighted by Gasteiger charge is 2.26. The average Bonchev–Trinajstić information content (AvgIpc) is 3.26. The molecule has 1 aromatic carbocycles. The predicted octanol–water partition coefficient (Wildman–Crippen LogP) is 1.83. The molecule has 2 amide bonds. The minimum absolute atomic E-state index is 0.0408. The second kappa shape index (κ2) is 6.01. The highest BCUT2D eigenvalue weighted by molar-refractivity contribution is 6.02. The van der Waals surface area contributed by atoms with Crippen LogP contribution in [0.4, 0.5) is 5.69 Å². The zero-order valence-corrected chi connectivity index (χ0v) is 12.3. The number of hydrogen-bond acceptors (Lipinski definition) is 3. The van der Waals surface area contributed by atoms with Gasteiger partial charge in [-0.2, -0.15) is 5.10 Å². The molecule has 1 saturated carbocycles. The smallest absolute Gasteiger partial charge is 0.276 e. The maximum Gasteiger partial charge on any atom is 0.276 e. The molecule has 0 atom stereocenters. The largest absolute Gasteiger partial charge is 0.359 e. The number of aromatic nitrogens is 2. The fourth-order valence-corrected chi connectivity index (χ4v) is 2.23. The zero-order valence-electron chi connectivity index (χ0n) is 12.3. The molecule has 3 N–H and O–H groups in total. The third-order valence-electron chi connectivity index (χ3n) is 3.70. The van der Waals surface area contributed by atoms with Crippen LogP contribution < -0.4 is 10.6 Å². The van der Waals surface area contributed by atoms with Crippen LogP contribution in [-0.4, -0.2) is 29.1 Å². The SMILES string of the molecule is CNC(=O)Cc1ccc(NC(=O)c2cc(C3CC3)[nH]n2)cc1. The van der Waals surface area contributed by atoms with Gasteiger partial charge in [0, 0.05) is 24.3 Å². The van der Waals surface area contributed by atoms with E-state index in [9.17, 15) is 9.59 Å². The van der Waals surface area contributed by atoms with Gasteiger partial charge in [0.25, 0.3) is 5.91 Å². The van der Waals surface area contributed by atoms with E-state index in [1.807, 2.05) is 18.2 Å². The van der Waals surface area contributed by atoms with Gasteiger partial charge in [0.05, 0.1) is 6.42 Å². The highest BCUT2D eigenvalue weighted by atomic mass is 16.2. The minimum atomic E-state index is -0.234. The molecule has 0 bridgehead atoms. The Morgan fingerprint density at radius 3 is 2.64 bits per heavy atom. The number of benzene rings is 1. The summed E-state index contributed by atoms with van der Waals surface area (Å²) in [6.07, 6.45) is 2.65. The summed E-state index contributed by atoms with van der Waals surface area (Å²) in [6.45, 7) is 0. The summed E-state index contributed by atoms with van der Waals surface area (Å²) in [5.74, 6) is 0.265. The van der Waals surface area contributed by atoms with Crippen LogP contribution >= 0.6 is 0 Å². The molecule has 22 heavy (non-hydrogen) atoms. The monoisotopic (exact) mass is 298 g/mol. The molecule has 114 valence electrons. The predicted molar refractivity (Wildman–Crippen MR) is 82.7 cm³/mol. The number of hydrogen-bond donors (Lipinski definition) is 3. The van der Waals surface area contributed by atoms with E-state index >= 15 is 0 Å². The Kier molecular flexibility index (Phi) is 3.91. The quantitative estimate of drug-likeness (QED) is 0.787. The van der Waals surface area contributed by atoms with E-state index in [-0.39, 0.29) is 11.8 Å². The summed E-state index contributed by atoms with van der Waals surface area (Å²) in [7, 11) is 1.61. The third kappa shape index (κ3) is 3.33. The van der Waals surface area contributed by atoms with Crippen LogP contribution in [0.25, 0.3) is 0 Å². The van der Waals surface area contributed by atoms with Gasteiger partial charge >= 0.3 is 0 Å². The number of H-pyrrole nitrogens is 1. The first-order chi connectivity index (χ1) is 10.7. The van der Waals surface area contributed by atoms with Crippen LogP contribution in [0.1, 0.15) is 40.5 Å². The van der Waals surface area contributed by atoms with Gasteiger partial charge in [-0.15, -0.1) is 0 Å². The molecular formula is C16H18N4O2. The van der Waals surface area contributed by atoms with Crippen molar-refractivity contribution in [1.82, 2.24) is 15.5 Å². The van der Waals surface area contributed by atoms with Gasteiger partial charge in [-0.3, -0.25) is 14.7 Å². The van der Waals surface area contributed by atoms with Crippen LogP contribution in [0, 0.1) is 0 Å². The van der Waals surface area contributed by atoms with Crippen LogP contribution in [-0.2, 0) is 11.2 Å². The lowest BCUT2D eigenvalue weighted by Crippen LogP contribution is -2.19. The Morgan fingerprint density at radius 1 is 1.27 bits per heavy atom. The topological polar surface area (TPSA) is 86.9 Å². The van der Waals surface area contributed by atoms with E-state index in [0.717, 1.165) is 24.1 Å². The first-order valence-electron chi connectivity index (χ1n) is 7.32. The molecule has 1 aliphatic rings.